The monoisotopic (exact) mass is 333 g/mol. The van der Waals surface area contributed by atoms with Crippen molar-refractivity contribution < 1.29 is 9.84 Å². The van der Waals surface area contributed by atoms with Crippen LogP contribution in [0.2, 0.25) is 0 Å². The second-order valence-corrected chi connectivity index (χ2v) is 6.49. The molecule has 0 spiro atoms. The lowest BCUT2D eigenvalue weighted by Crippen LogP contribution is -2.43. The Balaban J connectivity index is 1.99. The van der Waals surface area contributed by atoms with Gasteiger partial charge in [0, 0.05) is 32.6 Å². The van der Waals surface area contributed by atoms with Gasteiger partial charge in [0.05, 0.1) is 18.2 Å². The lowest BCUT2D eigenvalue weighted by molar-refractivity contribution is -0.0566. The summed E-state index contributed by atoms with van der Waals surface area (Å²) in [5.41, 5.74) is 1.82. The number of nitrogens with zero attached hydrogens (tertiary/aromatic N) is 1. The third-order valence-electron chi connectivity index (χ3n) is 4.54. The Kier molecular flexibility index (Phi) is 7.06. The van der Waals surface area contributed by atoms with Gasteiger partial charge in [-0.15, -0.1) is 0 Å². The molecule has 0 bridgehead atoms. The van der Waals surface area contributed by atoms with Crippen molar-refractivity contribution >= 4 is 5.96 Å². The molecule has 1 saturated heterocycles. The van der Waals surface area contributed by atoms with E-state index in [1.54, 1.807) is 0 Å². The highest BCUT2D eigenvalue weighted by Crippen LogP contribution is 2.20. The van der Waals surface area contributed by atoms with Crippen molar-refractivity contribution in [1.29, 1.82) is 0 Å². The van der Waals surface area contributed by atoms with Gasteiger partial charge in [-0.3, -0.25) is 4.99 Å². The van der Waals surface area contributed by atoms with Crippen LogP contribution in [-0.4, -0.2) is 43.0 Å². The molecular formula is C19H31N3O2. The summed E-state index contributed by atoms with van der Waals surface area (Å²) in [6.45, 7) is 8.72. The summed E-state index contributed by atoms with van der Waals surface area (Å²) in [6.07, 6.45) is 2.34. The number of aryl methyl sites for hydroxylation is 1. The average molecular weight is 333 g/mol. The molecule has 0 radical (unpaired) electrons. The van der Waals surface area contributed by atoms with Crippen LogP contribution in [0.1, 0.15) is 50.8 Å². The van der Waals surface area contributed by atoms with Crippen LogP contribution in [0, 0.1) is 0 Å². The van der Waals surface area contributed by atoms with Crippen molar-refractivity contribution in [2.75, 3.05) is 26.3 Å². The van der Waals surface area contributed by atoms with Gasteiger partial charge in [0.1, 0.15) is 0 Å². The molecule has 3 N–H and O–H groups in total. The highest BCUT2D eigenvalue weighted by Gasteiger charge is 2.29. The van der Waals surface area contributed by atoms with Crippen LogP contribution in [0.5, 0.6) is 0 Å². The lowest BCUT2D eigenvalue weighted by Gasteiger charge is -2.30. The van der Waals surface area contributed by atoms with E-state index in [0.717, 1.165) is 18.9 Å². The molecule has 1 atom stereocenters. The Bertz CT molecular complexity index is 522. The van der Waals surface area contributed by atoms with Gasteiger partial charge in [-0.1, -0.05) is 31.2 Å². The summed E-state index contributed by atoms with van der Waals surface area (Å²) < 4.78 is 5.32. The summed E-state index contributed by atoms with van der Waals surface area (Å²) in [7, 11) is 0. The maximum atomic E-state index is 10.6. The van der Waals surface area contributed by atoms with Crippen LogP contribution in [-0.2, 0) is 11.2 Å². The van der Waals surface area contributed by atoms with Crippen LogP contribution in [0.15, 0.2) is 29.3 Å². The molecule has 0 aromatic heterocycles. The van der Waals surface area contributed by atoms with Crippen molar-refractivity contribution in [1.82, 2.24) is 10.6 Å². The Morgan fingerprint density at radius 1 is 1.25 bits per heavy atom. The fourth-order valence-corrected chi connectivity index (χ4v) is 2.79. The third-order valence-corrected chi connectivity index (χ3v) is 4.54. The standard InChI is InChI=1S/C19H31N3O2/c1-4-16-6-8-17(9-7-16)15(3)22-18(20-5-2)21-14-19(23)10-12-24-13-11-19/h6-9,15,23H,4-5,10-14H2,1-3H3,(H2,20,21,22). The molecular weight excluding hydrogens is 302 g/mol. The first-order valence-electron chi connectivity index (χ1n) is 9.00. The molecule has 1 aromatic carbocycles. The number of benzene rings is 1. The molecule has 2 rings (SSSR count). The number of aliphatic imine (C=N–C) groups is 1. The molecule has 1 unspecified atom stereocenters. The van der Waals surface area contributed by atoms with Crippen molar-refractivity contribution in [2.45, 2.75) is 51.7 Å². The van der Waals surface area contributed by atoms with Gasteiger partial charge in [-0.25, -0.2) is 0 Å². The summed E-state index contributed by atoms with van der Waals surface area (Å²) in [4.78, 5) is 4.60. The van der Waals surface area contributed by atoms with Crippen LogP contribution < -0.4 is 10.6 Å². The quantitative estimate of drug-likeness (QED) is 0.552. The first-order chi connectivity index (χ1) is 11.6. The van der Waals surface area contributed by atoms with Gasteiger partial charge >= 0.3 is 0 Å². The topological polar surface area (TPSA) is 65.9 Å². The SMILES string of the molecule is CCNC(=NCC1(O)CCOCC1)NC(C)c1ccc(CC)cc1. The van der Waals surface area contributed by atoms with Crippen molar-refractivity contribution in [3.05, 3.63) is 35.4 Å². The molecule has 0 amide bonds. The molecule has 134 valence electrons. The molecule has 5 nitrogen and oxygen atoms in total. The molecule has 1 aliphatic rings. The molecule has 0 saturated carbocycles. The van der Waals surface area contributed by atoms with Crippen LogP contribution in [0.3, 0.4) is 0 Å². The predicted molar refractivity (Wildman–Crippen MR) is 98.4 cm³/mol. The molecule has 24 heavy (non-hydrogen) atoms. The first-order valence-corrected chi connectivity index (χ1v) is 9.00. The smallest absolute Gasteiger partial charge is 0.191 e. The zero-order valence-electron chi connectivity index (χ0n) is 15.1. The van der Waals surface area contributed by atoms with E-state index in [2.05, 4.69) is 53.7 Å². The average Bonchev–Trinajstić information content (AvgIpc) is 2.60. The maximum absolute atomic E-state index is 10.6. The Hall–Kier alpha value is -1.59. The van der Waals surface area contributed by atoms with Gasteiger partial charge in [0.25, 0.3) is 0 Å². The van der Waals surface area contributed by atoms with Crippen LogP contribution in [0.4, 0.5) is 0 Å². The summed E-state index contributed by atoms with van der Waals surface area (Å²) in [5, 5.41) is 17.2. The Morgan fingerprint density at radius 3 is 2.50 bits per heavy atom. The summed E-state index contributed by atoms with van der Waals surface area (Å²) in [6, 6.07) is 8.81. The lowest BCUT2D eigenvalue weighted by atomic mass is 9.95. The minimum Gasteiger partial charge on any atom is -0.388 e. The van der Waals surface area contributed by atoms with Crippen LogP contribution >= 0.6 is 0 Å². The summed E-state index contributed by atoms with van der Waals surface area (Å²) in [5.74, 6) is 0.740. The highest BCUT2D eigenvalue weighted by atomic mass is 16.5. The molecule has 1 heterocycles. The first kappa shape index (κ1) is 18.7. The van der Waals surface area contributed by atoms with Crippen molar-refractivity contribution in [2.24, 2.45) is 4.99 Å². The zero-order valence-corrected chi connectivity index (χ0v) is 15.1. The van der Waals surface area contributed by atoms with Gasteiger partial charge in [0.15, 0.2) is 5.96 Å². The molecule has 0 aliphatic carbocycles. The van der Waals surface area contributed by atoms with Gasteiger partial charge in [-0.2, -0.15) is 0 Å². The van der Waals surface area contributed by atoms with E-state index in [0.29, 0.717) is 32.6 Å². The van der Waals surface area contributed by atoms with E-state index >= 15 is 0 Å². The van der Waals surface area contributed by atoms with E-state index in [1.807, 2.05) is 6.92 Å². The van der Waals surface area contributed by atoms with Gasteiger partial charge in [0.2, 0.25) is 0 Å². The van der Waals surface area contributed by atoms with Crippen molar-refractivity contribution in [3.63, 3.8) is 0 Å². The number of guanidine groups is 1. The number of hydrogen-bond acceptors (Lipinski definition) is 3. The fourth-order valence-electron chi connectivity index (χ4n) is 2.79. The van der Waals surface area contributed by atoms with E-state index < -0.39 is 5.60 Å². The van der Waals surface area contributed by atoms with Crippen LogP contribution in [0.25, 0.3) is 0 Å². The zero-order chi connectivity index (χ0) is 17.4. The minimum atomic E-state index is -0.743. The predicted octanol–water partition coefficient (Wildman–Crippen LogP) is 2.41. The van der Waals surface area contributed by atoms with E-state index in [-0.39, 0.29) is 6.04 Å². The van der Waals surface area contributed by atoms with E-state index in [9.17, 15) is 5.11 Å². The van der Waals surface area contributed by atoms with Gasteiger partial charge < -0.3 is 20.5 Å². The maximum Gasteiger partial charge on any atom is 0.191 e. The van der Waals surface area contributed by atoms with E-state index in [4.69, 9.17) is 4.74 Å². The number of aliphatic hydroxyl groups is 1. The number of rotatable bonds is 6. The molecule has 1 fully saturated rings. The number of ether oxygens (including phenoxy) is 1. The normalized spacial score (nSPS) is 18.9. The minimum absolute atomic E-state index is 0.151. The molecule has 1 aromatic rings. The summed E-state index contributed by atoms with van der Waals surface area (Å²) >= 11 is 0. The number of nitrogens with one attached hydrogen (secondary N) is 2. The van der Waals surface area contributed by atoms with E-state index in [1.165, 1.54) is 11.1 Å². The second-order valence-electron chi connectivity index (χ2n) is 6.49. The largest absolute Gasteiger partial charge is 0.388 e. The van der Waals surface area contributed by atoms with Gasteiger partial charge in [-0.05, 0) is 31.4 Å². The Labute approximate surface area is 145 Å². The Morgan fingerprint density at radius 2 is 1.92 bits per heavy atom. The molecule has 5 heteroatoms. The van der Waals surface area contributed by atoms with Crippen molar-refractivity contribution in [3.8, 4) is 0 Å². The molecule has 1 aliphatic heterocycles. The third kappa shape index (κ3) is 5.49. The highest BCUT2D eigenvalue weighted by molar-refractivity contribution is 5.80. The fraction of sp³-hybridized carbons (Fsp3) is 0.632. The second kappa shape index (κ2) is 9.04. The number of hydrogen-bond donors (Lipinski definition) is 3.